The van der Waals surface area contributed by atoms with Gasteiger partial charge in [0, 0.05) is 60.5 Å². The van der Waals surface area contributed by atoms with Crippen molar-refractivity contribution in [3.63, 3.8) is 0 Å². The van der Waals surface area contributed by atoms with Crippen molar-refractivity contribution in [3.8, 4) is 0 Å². The number of morpholine rings is 2. The van der Waals surface area contributed by atoms with Gasteiger partial charge in [-0.15, -0.1) is 0 Å². The maximum Gasteiger partial charge on any atom is 0.337 e. The molecule has 0 bridgehead atoms. The number of carboxylic acid groups (broad SMARTS) is 1. The van der Waals surface area contributed by atoms with Crippen molar-refractivity contribution in [2.24, 2.45) is 0 Å². The van der Waals surface area contributed by atoms with E-state index in [4.69, 9.17) is 28.9 Å². The molecule has 2 aromatic carbocycles. The number of amides is 1. The average molecular weight is 574 g/mol. The van der Waals surface area contributed by atoms with Crippen molar-refractivity contribution in [2.75, 3.05) is 81.0 Å². The Labute approximate surface area is 242 Å². The first-order chi connectivity index (χ1) is 19.9. The summed E-state index contributed by atoms with van der Waals surface area (Å²) in [4.78, 5) is 32.8. The van der Waals surface area contributed by atoms with Gasteiger partial charge in [0.15, 0.2) is 12.2 Å². The molecule has 0 radical (unpaired) electrons. The van der Waals surface area contributed by atoms with Gasteiger partial charge in [0.25, 0.3) is 5.91 Å². The Morgan fingerprint density at radius 1 is 0.756 bits per heavy atom. The Hall–Kier alpha value is -2.90. The lowest BCUT2D eigenvalue weighted by molar-refractivity contribution is -0.179. The fourth-order valence-corrected chi connectivity index (χ4v) is 4.64. The topological polar surface area (TPSA) is 110 Å². The summed E-state index contributed by atoms with van der Waals surface area (Å²) in [5, 5.41) is 10.2. The summed E-state index contributed by atoms with van der Waals surface area (Å²) >= 11 is 0. The van der Waals surface area contributed by atoms with E-state index >= 15 is 0 Å². The fourth-order valence-electron chi connectivity index (χ4n) is 4.64. The maximum atomic E-state index is 12.2. The number of methoxy groups -OCH3 is 2. The first-order valence-electron chi connectivity index (χ1n) is 13.7. The average Bonchev–Trinajstić information content (AvgIpc) is 3.00. The third-order valence-corrected chi connectivity index (χ3v) is 7.09. The summed E-state index contributed by atoms with van der Waals surface area (Å²) in [6, 6.07) is 15.5. The molecular formula is C30H43N3O8. The van der Waals surface area contributed by atoms with Gasteiger partial charge in [0.05, 0.1) is 33.5 Å². The molecule has 2 fully saturated rings. The second-order valence-electron chi connectivity index (χ2n) is 9.85. The first-order valence-corrected chi connectivity index (χ1v) is 13.7. The number of nitrogens with zero attached hydrogens (tertiary/aromatic N) is 3. The van der Waals surface area contributed by atoms with Crippen LogP contribution in [0, 0.1) is 0 Å². The molecule has 2 heterocycles. The van der Waals surface area contributed by atoms with E-state index in [0.717, 1.165) is 71.3 Å². The van der Waals surface area contributed by atoms with Gasteiger partial charge in [-0.25, -0.2) is 9.86 Å². The number of aliphatic carboxylic acids is 1. The van der Waals surface area contributed by atoms with Gasteiger partial charge >= 0.3 is 5.97 Å². The lowest BCUT2D eigenvalue weighted by Crippen LogP contribution is -2.35. The van der Waals surface area contributed by atoms with E-state index < -0.39 is 18.2 Å². The smallest absolute Gasteiger partial charge is 0.337 e. The Bertz CT molecular complexity index is 1050. The SMILES string of the molecule is COC(C(=O)N(C)OC)c1ccc(CN2CCOCC2)cc1.COC(C(=O)O)c1ccc(CN2CCOCC2)cc1. The van der Waals surface area contributed by atoms with Gasteiger partial charge in [-0.3, -0.25) is 19.4 Å². The third kappa shape index (κ3) is 10.2. The molecule has 226 valence electrons. The van der Waals surface area contributed by atoms with Crippen LogP contribution in [-0.2, 0) is 46.5 Å². The summed E-state index contributed by atoms with van der Waals surface area (Å²) in [6.07, 6.45) is -1.54. The van der Waals surface area contributed by atoms with E-state index in [1.165, 1.54) is 37.5 Å². The molecule has 2 aliphatic rings. The van der Waals surface area contributed by atoms with Crippen LogP contribution in [0.25, 0.3) is 0 Å². The van der Waals surface area contributed by atoms with Crippen LogP contribution < -0.4 is 0 Å². The number of hydrogen-bond acceptors (Lipinski definition) is 9. The largest absolute Gasteiger partial charge is 0.479 e. The van der Waals surface area contributed by atoms with Gasteiger partial charge < -0.3 is 24.1 Å². The molecular weight excluding hydrogens is 530 g/mol. The Balaban J connectivity index is 0.000000228. The van der Waals surface area contributed by atoms with Gasteiger partial charge in [0.2, 0.25) is 0 Å². The second kappa shape index (κ2) is 17.1. The van der Waals surface area contributed by atoms with Gasteiger partial charge in [-0.1, -0.05) is 48.5 Å². The zero-order chi connectivity index (χ0) is 29.6. The number of carbonyl (C=O) groups is 2. The minimum atomic E-state index is -0.969. The fraction of sp³-hybridized carbons (Fsp3) is 0.533. The molecule has 0 aromatic heterocycles. The number of ether oxygens (including phenoxy) is 4. The van der Waals surface area contributed by atoms with Crippen LogP contribution in [0.2, 0.25) is 0 Å². The Morgan fingerprint density at radius 3 is 1.49 bits per heavy atom. The maximum absolute atomic E-state index is 12.2. The minimum Gasteiger partial charge on any atom is -0.479 e. The van der Waals surface area contributed by atoms with Crippen molar-refractivity contribution < 1.29 is 38.5 Å². The number of rotatable bonds is 11. The Morgan fingerprint density at radius 2 is 1.15 bits per heavy atom. The molecule has 0 aliphatic carbocycles. The van der Waals surface area contributed by atoms with Crippen LogP contribution in [0.5, 0.6) is 0 Å². The number of likely N-dealkylation sites (N-methyl/N-ethyl adjacent to an activating group) is 1. The summed E-state index contributed by atoms with van der Waals surface area (Å²) in [7, 11) is 5.95. The highest BCUT2D eigenvalue weighted by Crippen LogP contribution is 2.21. The first kappa shape index (κ1) is 32.6. The molecule has 2 saturated heterocycles. The van der Waals surface area contributed by atoms with Gasteiger partial charge in [0.1, 0.15) is 0 Å². The number of carbonyl (C=O) groups excluding carboxylic acids is 1. The molecule has 2 unspecified atom stereocenters. The molecule has 4 rings (SSSR count). The van der Waals surface area contributed by atoms with E-state index in [0.29, 0.717) is 5.56 Å². The summed E-state index contributed by atoms with van der Waals surface area (Å²) in [5.41, 5.74) is 3.88. The van der Waals surface area contributed by atoms with Crippen LogP contribution in [0.4, 0.5) is 0 Å². The molecule has 11 nitrogen and oxygen atoms in total. The molecule has 0 spiro atoms. The van der Waals surface area contributed by atoms with Crippen molar-refractivity contribution in [3.05, 3.63) is 70.8 Å². The standard InChI is InChI=1S/C16H24N2O4.C14H19NO4/c1-17(21-3)16(19)15(20-2)14-6-4-13(5-7-14)12-18-8-10-22-11-9-18;1-18-13(14(16)17)12-4-2-11(3-5-12)10-15-6-8-19-9-7-15/h4-7,15H,8-12H2,1-3H3;2-5,13H,6-10H2,1H3,(H,16,17). The second-order valence-corrected chi connectivity index (χ2v) is 9.85. The predicted octanol–water partition coefficient (Wildman–Crippen LogP) is 2.52. The highest BCUT2D eigenvalue weighted by molar-refractivity contribution is 5.81. The highest BCUT2D eigenvalue weighted by Gasteiger charge is 2.24. The van der Waals surface area contributed by atoms with Crippen molar-refractivity contribution >= 4 is 11.9 Å². The van der Waals surface area contributed by atoms with Gasteiger partial charge in [-0.2, -0.15) is 0 Å². The van der Waals surface area contributed by atoms with Crippen LogP contribution in [0.1, 0.15) is 34.5 Å². The van der Waals surface area contributed by atoms with Crippen LogP contribution in [0.3, 0.4) is 0 Å². The summed E-state index contributed by atoms with van der Waals surface area (Å²) in [6.45, 7) is 8.71. The molecule has 11 heteroatoms. The minimum absolute atomic E-state index is 0.231. The number of hydroxylamine groups is 2. The molecule has 0 saturated carbocycles. The lowest BCUT2D eigenvalue weighted by Gasteiger charge is -2.26. The van der Waals surface area contributed by atoms with E-state index in [-0.39, 0.29) is 5.91 Å². The predicted molar refractivity (Wildman–Crippen MR) is 152 cm³/mol. The third-order valence-electron chi connectivity index (χ3n) is 7.09. The molecule has 1 amide bonds. The molecule has 2 atom stereocenters. The van der Waals surface area contributed by atoms with E-state index in [2.05, 4.69) is 9.80 Å². The van der Waals surface area contributed by atoms with Crippen molar-refractivity contribution in [1.82, 2.24) is 14.9 Å². The monoisotopic (exact) mass is 573 g/mol. The van der Waals surface area contributed by atoms with Gasteiger partial charge in [-0.05, 0) is 22.3 Å². The van der Waals surface area contributed by atoms with Crippen LogP contribution >= 0.6 is 0 Å². The van der Waals surface area contributed by atoms with E-state index in [1.54, 1.807) is 7.05 Å². The molecule has 2 aliphatic heterocycles. The molecule has 2 aromatic rings. The summed E-state index contributed by atoms with van der Waals surface area (Å²) in [5.74, 6) is -1.20. The zero-order valence-corrected chi connectivity index (χ0v) is 24.5. The molecule has 41 heavy (non-hydrogen) atoms. The van der Waals surface area contributed by atoms with Crippen LogP contribution in [-0.4, -0.2) is 113 Å². The lowest BCUT2D eigenvalue weighted by atomic mass is 10.1. The zero-order valence-electron chi connectivity index (χ0n) is 24.5. The van der Waals surface area contributed by atoms with E-state index in [1.807, 2.05) is 48.5 Å². The number of benzene rings is 2. The van der Waals surface area contributed by atoms with Crippen molar-refractivity contribution in [1.29, 1.82) is 0 Å². The van der Waals surface area contributed by atoms with Crippen molar-refractivity contribution in [2.45, 2.75) is 25.3 Å². The summed E-state index contributed by atoms with van der Waals surface area (Å²) < 4.78 is 20.9. The molecule has 1 N–H and O–H groups in total. The van der Waals surface area contributed by atoms with Crippen LogP contribution in [0.15, 0.2) is 48.5 Å². The number of carboxylic acids is 1. The Kier molecular flexibility index (Phi) is 13.6. The highest BCUT2D eigenvalue weighted by atomic mass is 16.7. The normalized spacial score (nSPS) is 17.7. The van der Waals surface area contributed by atoms with E-state index in [9.17, 15) is 9.59 Å². The number of hydrogen-bond donors (Lipinski definition) is 1. The quantitative estimate of drug-likeness (QED) is 0.403.